The molecule has 0 aliphatic heterocycles. The number of aryl methyl sites for hydroxylation is 1. The molecule has 1 aliphatic rings. The van der Waals surface area contributed by atoms with Crippen LogP contribution in [0.3, 0.4) is 0 Å². The molecule has 0 amide bonds. The number of aromatic nitrogens is 2. The molecule has 0 fully saturated rings. The van der Waals surface area contributed by atoms with E-state index >= 15 is 0 Å². The van der Waals surface area contributed by atoms with Crippen molar-refractivity contribution in [3.05, 3.63) is 118 Å². The fourth-order valence-corrected chi connectivity index (χ4v) is 5.02. The SMILES string of the molecule is O=C(O)c1ccc(CCc2c(OCCc3cncn3Cc3ccccc3)ccc3c2CCCC3=O)cc1. The molecule has 6 heteroatoms. The topological polar surface area (TPSA) is 81.4 Å². The normalized spacial score (nSPS) is 12.8. The van der Waals surface area contributed by atoms with Crippen molar-refractivity contribution < 1.29 is 19.4 Å². The first-order chi connectivity index (χ1) is 18.1. The van der Waals surface area contributed by atoms with Gasteiger partial charge in [-0.05, 0) is 72.2 Å². The molecule has 0 saturated carbocycles. The summed E-state index contributed by atoms with van der Waals surface area (Å²) in [5.41, 5.74) is 6.67. The predicted molar refractivity (Wildman–Crippen MR) is 141 cm³/mol. The van der Waals surface area contributed by atoms with Crippen LogP contribution in [0.5, 0.6) is 5.75 Å². The Hall–Kier alpha value is -4.19. The van der Waals surface area contributed by atoms with Crippen LogP contribution in [0.15, 0.2) is 79.3 Å². The van der Waals surface area contributed by atoms with Crippen LogP contribution in [0, 0.1) is 0 Å². The predicted octanol–water partition coefficient (Wildman–Crippen LogP) is 5.56. The summed E-state index contributed by atoms with van der Waals surface area (Å²) in [5.74, 6) is 0.0948. The number of ketones is 1. The maximum Gasteiger partial charge on any atom is 0.335 e. The molecule has 1 aliphatic carbocycles. The number of aromatic carboxylic acids is 1. The first-order valence-electron chi connectivity index (χ1n) is 12.7. The zero-order valence-corrected chi connectivity index (χ0v) is 20.7. The number of benzene rings is 3. The highest BCUT2D eigenvalue weighted by Gasteiger charge is 2.22. The summed E-state index contributed by atoms with van der Waals surface area (Å²) in [6.07, 6.45) is 8.25. The number of nitrogens with zero attached hydrogens (tertiary/aromatic N) is 2. The zero-order chi connectivity index (χ0) is 25.6. The summed E-state index contributed by atoms with van der Waals surface area (Å²) >= 11 is 0. The Balaban J connectivity index is 1.30. The Morgan fingerprint density at radius 3 is 2.51 bits per heavy atom. The van der Waals surface area contributed by atoms with Crippen molar-refractivity contribution in [1.82, 2.24) is 9.55 Å². The lowest BCUT2D eigenvalue weighted by molar-refractivity contribution is 0.0696. The summed E-state index contributed by atoms with van der Waals surface area (Å²) < 4.78 is 8.47. The van der Waals surface area contributed by atoms with Gasteiger partial charge < -0.3 is 14.4 Å². The van der Waals surface area contributed by atoms with Crippen molar-refractivity contribution >= 4 is 11.8 Å². The fourth-order valence-electron chi connectivity index (χ4n) is 5.02. The van der Waals surface area contributed by atoms with E-state index in [-0.39, 0.29) is 11.3 Å². The van der Waals surface area contributed by atoms with Crippen molar-refractivity contribution in [3.63, 3.8) is 0 Å². The van der Waals surface area contributed by atoms with Crippen molar-refractivity contribution in [3.8, 4) is 5.75 Å². The van der Waals surface area contributed by atoms with E-state index in [0.717, 1.165) is 72.3 Å². The summed E-state index contributed by atoms with van der Waals surface area (Å²) in [6.45, 7) is 1.27. The van der Waals surface area contributed by atoms with Crippen LogP contribution >= 0.6 is 0 Å². The molecule has 1 aromatic heterocycles. The lowest BCUT2D eigenvalue weighted by atomic mass is 9.85. The second-order valence-corrected chi connectivity index (χ2v) is 9.44. The molecule has 0 atom stereocenters. The smallest absolute Gasteiger partial charge is 0.335 e. The second-order valence-electron chi connectivity index (χ2n) is 9.44. The third-order valence-corrected chi connectivity index (χ3v) is 6.99. The number of carbonyl (C=O) groups is 2. The van der Waals surface area contributed by atoms with E-state index in [1.54, 1.807) is 12.1 Å². The van der Waals surface area contributed by atoms with Gasteiger partial charge in [-0.3, -0.25) is 4.79 Å². The van der Waals surface area contributed by atoms with Gasteiger partial charge >= 0.3 is 5.97 Å². The minimum atomic E-state index is -0.928. The Bertz CT molecular complexity index is 1390. The highest BCUT2D eigenvalue weighted by Crippen LogP contribution is 2.32. The number of Topliss-reactive ketones (excluding diaryl/α,β-unsaturated/α-hetero) is 1. The first-order valence-corrected chi connectivity index (χ1v) is 12.7. The Labute approximate surface area is 216 Å². The minimum absolute atomic E-state index is 0.199. The van der Waals surface area contributed by atoms with E-state index in [1.165, 1.54) is 5.56 Å². The van der Waals surface area contributed by atoms with Crippen LogP contribution in [-0.2, 0) is 32.2 Å². The molecule has 5 rings (SSSR count). The number of hydrogen-bond donors (Lipinski definition) is 1. The van der Waals surface area contributed by atoms with Gasteiger partial charge in [0, 0.05) is 36.8 Å². The molecule has 0 saturated heterocycles. The highest BCUT2D eigenvalue weighted by atomic mass is 16.5. The van der Waals surface area contributed by atoms with Crippen molar-refractivity contribution in [2.24, 2.45) is 0 Å². The third-order valence-electron chi connectivity index (χ3n) is 6.99. The van der Waals surface area contributed by atoms with Crippen LogP contribution in [0.1, 0.15) is 61.5 Å². The van der Waals surface area contributed by atoms with Crippen LogP contribution in [0.4, 0.5) is 0 Å². The number of carboxylic acids is 1. The van der Waals surface area contributed by atoms with E-state index in [2.05, 4.69) is 21.7 Å². The van der Waals surface area contributed by atoms with Gasteiger partial charge in [-0.2, -0.15) is 0 Å². The molecule has 4 aromatic rings. The van der Waals surface area contributed by atoms with Crippen LogP contribution in [0.2, 0.25) is 0 Å². The van der Waals surface area contributed by atoms with Crippen LogP contribution in [0.25, 0.3) is 0 Å². The van der Waals surface area contributed by atoms with Gasteiger partial charge in [0.05, 0.1) is 18.5 Å². The van der Waals surface area contributed by atoms with E-state index < -0.39 is 5.97 Å². The number of carbonyl (C=O) groups excluding carboxylic acids is 1. The maximum atomic E-state index is 12.6. The molecular weight excluding hydrogens is 464 g/mol. The van der Waals surface area contributed by atoms with E-state index in [4.69, 9.17) is 9.84 Å². The fraction of sp³-hybridized carbons (Fsp3) is 0.258. The van der Waals surface area contributed by atoms with Gasteiger partial charge in [0.25, 0.3) is 0 Å². The molecule has 0 spiro atoms. The average molecular weight is 495 g/mol. The number of ether oxygens (including phenoxy) is 1. The molecule has 0 radical (unpaired) electrons. The molecular formula is C31H30N2O4. The quantitative estimate of drug-likeness (QED) is 0.312. The molecule has 37 heavy (non-hydrogen) atoms. The Morgan fingerprint density at radius 2 is 1.73 bits per heavy atom. The molecule has 0 bridgehead atoms. The van der Waals surface area contributed by atoms with Crippen LogP contribution in [-0.4, -0.2) is 33.0 Å². The lowest BCUT2D eigenvalue weighted by Gasteiger charge is -2.22. The van der Waals surface area contributed by atoms with Crippen molar-refractivity contribution in [1.29, 1.82) is 0 Å². The zero-order valence-electron chi connectivity index (χ0n) is 20.7. The number of rotatable bonds is 10. The number of imidazole rings is 1. The van der Waals surface area contributed by atoms with E-state index in [0.29, 0.717) is 13.0 Å². The standard InChI is InChI=1S/C31H30N2O4/c34-29-8-4-7-26-27(29)15-16-30(28(26)14-11-22-9-12-24(13-10-22)31(35)36)37-18-17-25-19-32-21-33(25)20-23-5-2-1-3-6-23/h1-3,5-6,9-10,12-13,15-16,19,21H,4,7-8,11,14,17-18,20H2,(H,35,36). The first kappa shape index (κ1) is 24.5. The van der Waals surface area contributed by atoms with Crippen molar-refractivity contribution in [2.75, 3.05) is 6.61 Å². The van der Waals surface area contributed by atoms with Gasteiger partial charge in [-0.1, -0.05) is 42.5 Å². The number of fused-ring (bicyclic) bond motifs is 1. The Morgan fingerprint density at radius 1 is 0.919 bits per heavy atom. The van der Waals surface area contributed by atoms with Gasteiger partial charge in [-0.25, -0.2) is 9.78 Å². The van der Waals surface area contributed by atoms with Crippen molar-refractivity contribution in [2.45, 2.75) is 45.1 Å². The van der Waals surface area contributed by atoms with Gasteiger partial charge in [0.15, 0.2) is 5.78 Å². The minimum Gasteiger partial charge on any atom is -0.493 e. The third kappa shape index (κ3) is 5.80. The van der Waals surface area contributed by atoms with E-state index in [1.807, 2.05) is 55.0 Å². The lowest BCUT2D eigenvalue weighted by Crippen LogP contribution is -2.15. The second kappa shape index (κ2) is 11.2. The molecule has 1 heterocycles. The van der Waals surface area contributed by atoms with Gasteiger partial charge in [0.2, 0.25) is 0 Å². The molecule has 6 nitrogen and oxygen atoms in total. The summed E-state index contributed by atoms with van der Waals surface area (Å²) in [6, 6.07) is 21.2. The molecule has 1 N–H and O–H groups in total. The monoisotopic (exact) mass is 494 g/mol. The molecule has 0 unspecified atom stereocenters. The number of hydrogen-bond acceptors (Lipinski definition) is 4. The largest absolute Gasteiger partial charge is 0.493 e. The highest BCUT2D eigenvalue weighted by molar-refractivity contribution is 5.99. The molecule has 3 aromatic carbocycles. The Kier molecular flexibility index (Phi) is 7.45. The van der Waals surface area contributed by atoms with E-state index in [9.17, 15) is 9.59 Å². The van der Waals surface area contributed by atoms with Gasteiger partial charge in [0.1, 0.15) is 5.75 Å². The summed E-state index contributed by atoms with van der Waals surface area (Å²) in [7, 11) is 0. The summed E-state index contributed by atoms with van der Waals surface area (Å²) in [4.78, 5) is 28.1. The van der Waals surface area contributed by atoms with Crippen LogP contribution < -0.4 is 4.74 Å². The maximum absolute atomic E-state index is 12.6. The average Bonchev–Trinajstić information content (AvgIpc) is 3.35. The number of carboxylic acid groups (broad SMARTS) is 1. The van der Waals surface area contributed by atoms with Gasteiger partial charge in [-0.15, -0.1) is 0 Å². The summed E-state index contributed by atoms with van der Waals surface area (Å²) in [5, 5.41) is 9.17. The molecule has 188 valence electrons.